The lowest BCUT2D eigenvalue weighted by atomic mass is 9.99. The van der Waals surface area contributed by atoms with Crippen LogP contribution in [0.5, 0.6) is 0 Å². The number of hydrogen-bond donors (Lipinski definition) is 1. The summed E-state index contributed by atoms with van der Waals surface area (Å²) >= 11 is 2.82. The van der Waals surface area contributed by atoms with Crippen molar-refractivity contribution in [1.82, 2.24) is 25.1 Å². The summed E-state index contributed by atoms with van der Waals surface area (Å²) in [5.74, 6) is -0.210. The number of nitrogens with two attached hydrogens (primary N) is 1. The summed E-state index contributed by atoms with van der Waals surface area (Å²) < 4.78 is 13.0. The molecule has 3 heterocycles. The van der Waals surface area contributed by atoms with Crippen molar-refractivity contribution >= 4 is 35.4 Å². The van der Waals surface area contributed by atoms with Gasteiger partial charge in [0.2, 0.25) is 10.9 Å². The van der Waals surface area contributed by atoms with Gasteiger partial charge in [0.25, 0.3) is 5.91 Å². The van der Waals surface area contributed by atoms with Crippen LogP contribution in [-0.4, -0.2) is 66.7 Å². The van der Waals surface area contributed by atoms with E-state index in [0.29, 0.717) is 16.7 Å². The van der Waals surface area contributed by atoms with E-state index >= 15 is 0 Å². The normalized spacial score (nSPS) is 21.4. The van der Waals surface area contributed by atoms with Crippen molar-refractivity contribution in [3.63, 3.8) is 0 Å². The van der Waals surface area contributed by atoms with Crippen LogP contribution in [0.3, 0.4) is 0 Å². The van der Waals surface area contributed by atoms with Gasteiger partial charge in [-0.3, -0.25) is 15.4 Å². The molecule has 2 aliphatic rings. The number of esters is 1. The monoisotopic (exact) mass is 524 g/mol. The molecular weight excluding hydrogens is 500 g/mol. The van der Waals surface area contributed by atoms with Crippen LogP contribution in [0.2, 0.25) is 0 Å². The number of thioether (sulfide) groups is 2. The van der Waals surface area contributed by atoms with Gasteiger partial charge in [0.15, 0.2) is 6.10 Å². The molecule has 0 spiro atoms. The number of amides is 1. The summed E-state index contributed by atoms with van der Waals surface area (Å²) in [5.41, 5.74) is 7.31. The van der Waals surface area contributed by atoms with Crippen LogP contribution in [0.1, 0.15) is 17.2 Å². The molecule has 36 heavy (non-hydrogen) atoms. The summed E-state index contributed by atoms with van der Waals surface area (Å²) in [7, 11) is 3.13. The molecule has 2 aliphatic heterocycles. The lowest BCUT2D eigenvalue weighted by Gasteiger charge is -2.54. The van der Waals surface area contributed by atoms with Crippen LogP contribution >= 0.6 is 23.5 Å². The van der Waals surface area contributed by atoms with Crippen molar-refractivity contribution < 1.29 is 19.1 Å². The Morgan fingerprint density at radius 1 is 1.19 bits per heavy atom. The zero-order chi connectivity index (χ0) is 25.3. The van der Waals surface area contributed by atoms with Gasteiger partial charge in [-0.1, -0.05) is 72.4 Å². The molecule has 0 radical (unpaired) electrons. The van der Waals surface area contributed by atoms with Gasteiger partial charge in [0, 0.05) is 25.7 Å². The average Bonchev–Trinajstić information content (AvgIpc) is 3.34. The van der Waals surface area contributed by atoms with E-state index in [2.05, 4.69) is 15.5 Å². The standard InChI is InChI=1S/C24H24N6O4S2/c1-29-23(26-27-28-29)36-14-17-13-35-22-24(25,33-2)21(32)30(22)18(17)20(31)34-19(15-9-5-3-6-10-15)16-11-7-4-8-12-16/h3-12,19,22H,13-14,25H2,1-2H3/t22?,24-/m0/s1. The SMILES string of the molecule is CO[C@@]1(N)C(=O)N2C(C(=O)OC(c3ccccc3)c3ccccc3)=C(CSc3nnnn3C)CSC21. The fourth-order valence-electron chi connectivity index (χ4n) is 4.14. The summed E-state index contributed by atoms with van der Waals surface area (Å²) in [4.78, 5) is 28.3. The molecule has 12 heteroatoms. The Kier molecular flexibility index (Phi) is 6.84. The quantitative estimate of drug-likeness (QED) is 0.203. The first-order chi connectivity index (χ1) is 17.4. The first-order valence-corrected chi connectivity index (χ1v) is 13.1. The van der Waals surface area contributed by atoms with Gasteiger partial charge in [-0.2, -0.15) is 0 Å². The predicted molar refractivity (Wildman–Crippen MR) is 134 cm³/mol. The Bertz CT molecular complexity index is 1260. The minimum absolute atomic E-state index is 0.196. The maximum absolute atomic E-state index is 13.8. The van der Waals surface area contributed by atoms with Gasteiger partial charge in [-0.25, -0.2) is 9.48 Å². The second-order valence-electron chi connectivity index (χ2n) is 8.27. The molecule has 1 unspecified atom stereocenters. The first-order valence-electron chi connectivity index (χ1n) is 11.1. The average molecular weight is 525 g/mol. The molecule has 5 rings (SSSR count). The van der Waals surface area contributed by atoms with Gasteiger partial charge in [0.05, 0.1) is 0 Å². The number of methoxy groups -OCH3 is 1. The Balaban J connectivity index is 1.50. The molecule has 2 aromatic carbocycles. The molecule has 0 bridgehead atoms. The number of aromatic nitrogens is 4. The van der Waals surface area contributed by atoms with Gasteiger partial charge in [0.1, 0.15) is 11.1 Å². The molecule has 1 fully saturated rings. The van der Waals surface area contributed by atoms with Crippen LogP contribution in [0, 0.1) is 0 Å². The fourth-order valence-corrected chi connectivity index (χ4v) is 6.53. The van der Waals surface area contributed by atoms with Gasteiger partial charge in [-0.15, -0.1) is 16.9 Å². The number of tetrazole rings is 1. The van der Waals surface area contributed by atoms with E-state index in [1.165, 1.54) is 35.5 Å². The van der Waals surface area contributed by atoms with E-state index in [-0.39, 0.29) is 5.70 Å². The second kappa shape index (κ2) is 10.1. The zero-order valence-corrected chi connectivity index (χ0v) is 21.2. The first kappa shape index (κ1) is 24.5. The Labute approximate surface area is 216 Å². The number of nitrogens with zero attached hydrogens (tertiary/aromatic N) is 5. The smallest absolute Gasteiger partial charge is 0.356 e. The third kappa shape index (κ3) is 4.30. The highest BCUT2D eigenvalue weighted by Gasteiger charge is 2.63. The number of carbonyl (C=O) groups excluding carboxylic acids is 2. The molecule has 0 aliphatic carbocycles. The molecule has 1 aromatic heterocycles. The molecule has 0 saturated carbocycles. The Hall–Kier alpha value is -3.19. The summed E-state index contributed by atoms with van der Waals surface area (Å²) in [6, 6.07) is 19.0. The van der Waals surface area contributed by atoms with E-state index < -0.39 is 29.1 Å². The molecule has 186 valence electrons. The molecule has 10 nitrogen and oxygen atoms in total. The largest absolute Gasteiger partial charge is 0.448 e. The van der Waals surface area contributed by atoms with E-state index in [1.54, 1.807) is 11.7 Å². The highest BCUT2D eigenvalue weighted by Crippen LogP contribution is 2.46. The second-order valence-corrected chi connectivity index (χ2v) is 10.3. The fraction of sp³-hybridized carbons (Fsp3) is 0.292. The Morgan fingerprint density at radius 3 is 2.39 bits per heavy atom. The highest BCUT2D eigenvalue weighted by atomic mass is 32.2. The number of ether oxygens (including phenoxy) is 2. The van der Waals surface area contributed by atoms with Crippen molar-refractivity contribution in [2.75, 3.05) is 18.6 Å². The van der Waals surface area contributed by atoms with Gasteiger partial charge >= 0.3 is 5.97 Å². The highest BCUT2D eigenvalue weighted by molar-refractivity contribution is 8.01. The summed E-state index contributed by atoms with van der Waals surface area (Å²) in [6.07, 6.45) is -0.654. The van der Waals surface area contributed by atoms with E-state index in [4.69, 9.17) is 15.2 Å². The summed E-state index contributed by atoms with van der Waals surface area (Å²) in [6.45, 7) is 0. The van der Waals surface area contributed by atoms with Crippen LogP contribution in [0.25, 0.3) is 0 Å². The van der Waals surface area contributed by atoms with Crippen molar-refractivity contribution in [3.8, 4) is 0 Å². The lowest BCUT2D eigenvalue weighted by molar-refractivity contribution is -0.183. The molecule has 1 saturated heterocycles. The van der Waals surface area contributed by atoms with Crippen molar-refractivity contribution in [2.45, 2.75) is 22.4 Å². The maximum atomic E-state index is 13.8. The predicted octanol–water partition coefficient (Wildman–Crippen LogP) is 2.11. The van der Waals surface area contributed by atoms with E-state index in [0.717, 1.165) is 16.7 Å². The van der Waals surface area contributed by atoms with E-state index in [9.17, 15) is 9.59 Å². The lowest BCUT2D eigenvalue weighted by Crippen LogP contribution is -2.78. The zero-order valence-electron chi connectivity index (χ0n) is 19.6. The maximum Gasteiger partial charge on any atom is 0.356 e. The molecule has 2 N–H and O–H groups in total. The number of β-lactam (4-membered cyclic amide) rings is 1. The summed E-state index contributed by atoms with van der Waals surface area (Å²) in [5, 5.41) is 11.6. The van der Waals surface area contributed by atoms with Gasteiger partial charge in [-0.05, 0) is 27.1 Å². The molecule has 1 amide bonds. The van der Waals surface area contributed by atoms with Crippen molar-refractivity contribution in [1.29, 1.82) is 0 Å². The van der Waals surface area contributed by atoms with Crippen molar-refractivity contribution in [2.24, 2.45) is 12.8 Å². The minimum atomic E-state index is -1.49. The number of carbonyl (C=O) groups is 2. The van der Waals surface area contributed by atoms with Crippen LogP contribution in [-0.2, 0) is 26.1 Å². The van der Waals surface area contributed by atoms with Crippen LogP contribution in [0.15, 0.2) is 77.1 Å². The molecule has 2 atom stereocenters. The van der Waals surface area contributed by atoms with E-state index in [1.807, 2.05) is 60.7 Å². The van der Waals surface area contributed by atoms with Crippen LogP contribution < -0.4 is 5.73 Å². The number of aryl methyl sites for hydroxylation is 1. The third-order valence-corrected chi connectivity index (χ3v) is 8.55. The molecule has 3 aromatic rings. The van der Waals surface area contributed by atoms with Crippen LogP contribution in [0.4, 0.5) is 0 Å². The third-order valence-electron chi connectivity index (χ3n) is 6.06. The Morgan fingerprint density at radius 2 is 1.83 bits per heavy atom. The molecular formula is C24H24N6O4S2. The van der Waals surface area contributed by atoms with Crippen molar-refractivity contribution in [3.05, 3.63) is 83.1 Å². The number of fused-ring (bicyclic) bond motifs is 1. The number of hydrogen-bond acceptors (Lipinski definition) is 10. The number of rotatable bonds is 8. The topological polar surface area (TPSA) is 125 Å². The minimum Gasteiger partial charge on any atom is -0.448 e. The number of benzene rings is 2. The van der Waals surface area contributed by atoms with Gasteiger partial charge < -0.3 is 9.47 Å².